The molecule has 3 amide bonds. The van der Waals surface area contributed by atoms with Gasteiger partial charge in [0.25, 0.3) is 5.91 Å². The average Bonchev–Trinajstić information content (AvgIpc) is 2.88. The van der Waals surface area contributed by atoms with Gasteiger partial charge in [-0.1, -0.05) is 19.8 Å². The molecule has 0 aromatic heterocycles. The molecule has 1 aliphatic carbocycles. The van der Waals surface area contributed by atoms with Crippen LogP contribution in [0.5, 0.6) is 11.5 Å². The van der Waals surface area contributed by atoms with E-state index in [0.717, 1.165) is 24.2 Å². The maximum Gasteiger partial charge on any atom is 0.325 e. The van der Waals surface area contributed by atoms with Crippen molar-refractivity contribution >= 4 is 11.9 Å². The number of ether oxygens (including phenoxy) is 2. The lowest BCUT2D eigenvalue weighted by Crippen LogP contribution is -2.54. The van der Waals surface area contributed by atoms with Gasteiger partial charge in [-0.15, -0.1) is 0 Å². The molecular formula is C19H26N2O5. The lowest BCUT2D eigenvalue weighted by Gasteiger charge is -2.36. The zero-order valence-electron chi connectivity index (χ0n) is 15.2. The van der Waals surface area contributed by atoms with Crippen LogP contribution in [0, 0.1) is 5.92 Å². The van der Waals surface area contributed by atoms with Gasteiger partial charge < -0.3 is 19.9 Å². The van der Waals surface area contributed by atoms with Gasteiger partial charge in [0, 0.05) is 0 Å². The maximum atomic E-state index is 12.9. The summed E-state index contributed by atoms with van der Waals surface area (Å²) in [5.74, 6) is 1.17. The normalized spacial score (nSPS) is 26.7. The van der Waals surface area contributed by atoms with Gasteiger partial charge in [0.05, 0.1) is 13.7 Å². The van der Waals surface area contributed by atoms with E-state index < -0.39 is 17.7 Å². The molecule has 1 aromatic rings. The lowest BCUT2D eigenvalue weighted by atomic mass is 9.73. The van der Waals surface area contributed by atoms with Crippen molar-refractivity contribution in [3.8, 4) is 11.5 Å². The number of carbonyl (C=O) groups is 2. The molecule has 3 unspecified atom stereocenters. The Kier molecular flexibility index (Phi) is 5.36. The van der Waals surface area contributed by atoms with Crippen molar-refractivity contribution in [1.82, 2.24) is 10.2 Å². The first-order valence-electron chi connectivity index (χ1n) is 9.05. The summed E-state index contributed by atoms with van der Waals surface area (Å²) in [5.41, 5.74) is -0.800. The Morgan fingerprint density at radius 3 is 2.62 bits per heavy atom. The van der Waals surface area contributed by atoms with Crippen LogP contribution >= 0.6 is 0 Å². The fourth-order valence-electron chi connectivity index (χ4n) is 3.79. The van der Waals surface area contributed by atoms with Crippen LogP contribution in [0.3, 0.4) is 0 Å². The topological polar surface area (TPSA) is 88.1 Å². The number of carbonyl (C=O) groups excluding carboxylic acids is 2. The minimum Gasteiger partial charge on any atom is -0.497 e. The molecule has 26 heavy (non-hydrogen) atoms. The van der Waals surface area contributed by atoms with E-state index in [2.05, 4.69) is 5.32 Å². The first-order valence-corrected chi connectivity index (χ1v) is 9.05. The second kappa shape index (κ2) is 7.53. The highest BCUT2D eigenvalue weighted by molar-refractivity contribution is 6.07. The number of amides is 3. The minimum absolute atomic E-state index is 0.00799. The van der Waals surface area contributed by atoms with Crippen molar-refractivity contribution in [2.24, 2.45) is 5.92 Å². The van der Waals surface area contributed by atoms with Crippen molar-refractivity contribution in [3.05, 3.63) is 24.3 Å². The van der Waals surface area contributed by atoms with E-state index in [1.165, 1.54) is 0 Å². The molecule has 1 aromatic carbocycles. The van der Waals surface area contributed by atoms with E-state index in [-0.39, 0.29) is 25.0 Å². The van der Waals surface area contributed by atoms with Crippen molar-refractivity contribution in [3.63, 3.8) is 0 Å². The Morgan fingerprint density at radius 1 is 1.27 bits per heavy atom. The van der Waals surface area contributed by atoms with Gasteiger partial charge in [-0.25, -0.2) is 4.79 Å². The summed E-state index contributed by atoms with van der Waals surface area (Å²) < 4.78 is 10.6. The molecule has 142 valence electrons. The highest BCUT2D eigenvalue weighted by Crippen LogP contribution is 2.38. The van der Waals surface area contributed by atoms with E-state index in [4.69, 9.17) is 9.47 Å². The number of nitrogens with one attached hydrogen (secondary N) is 1. The Hall–Kier alpha value is -2.28. The van der Waals surface area contributed by atoms with Crippen LogP contribution in [0.2, 0.25) is 0 Å². The summed E-state index contributed by atoms with van der Waals surface area (Å²) >= 11 is 0. The molecule has 1 heterocycles. The van der Waals surface area contributed by atoms with Gasteiger partial charge in [0.15, 0.2) is 0 Å². The summed E-state index contributed by atoms with van der Waals surface area (Å²) in [7, 11) is 1.58. The van der Waals surface area contributed by atoms with E-state index in [0.29, 0.717) is 17.9 Å². The van der Waals surface area contributed by atoms with E-state index in [1.54, 1.807) is 31.4 Å². The largest absolute Gasteiger partial charge is 0.497 e. The van der Waals surface area contributed by atoms with Crippen molar-refractivity contribution < 1.29 is 24.2 Å². The van der Waals surface area contributed by atoms with E-state index in [1.807, 2.05) is 6.92 Å². The SMILES string of the molecule is COc1ccc(OCC(O)CN2C(=O)NC3(CCCCC3C)C2=O)cc1. The summed E-state index contributed by atoms with van der Waals surface area (Å²) in [4.78, 5) is 26.3. The molecule has 0 radical (unpaired) electrons. The van der Waals surface area contributed by atoms with Crippen LogP contribution in [0.25, 0.3) is 0 Å². The maximum absolute atomic E-state index is 12.9. The van der Waals surface area contributed by atoms with Crippen LogP contribution in [-0.4, -0.2) is 53.8 Å². The van der Waals surface area contributed by atoms with Crippen LogP contribution in [0.4, 0.5) is 4.79 Å². The smallest absolute Gasteiger partial charge is 0.325 e. The molecule has 7 heteroatoms. The molecular weight excluding hydrogens is 336 g/mol. The van der Waals surface area contributed by atoms with E-state index in [9.17, 15) is 14.7 Å². The van der Waals surface area contributed by atoms with Gasteiger partial charge in [-0.2, -0.15) is 0 Å². The number of hydrogen-bond acceptors (Lipinski definition) is 5. The zero-order valence-corrected chi connectivity index (χ0v) is 15.2. The van der Waals surface area contributed by atoms with Gasteiger partial charge in [0.1, 0.15) is 29.7 Å². The van der Waals surface area contributed by atoms with Gasteiger partial charge in [-0.3, -0.25) is 9.69 Å². The van der Waals surface area contributed by atoms with Crippen molar-refractivity contribution in [1.29, 1.82) is 0 Å². The Balaban J connectivity index is 1.57. The molecule has 1 aliphatic heterocycles. The third-order valence-electron chi connectivity index (χ3n) is 5.40. The second-order valence-corrected chi connectivity index (χ2v) is 7.10. The second-order valence-electron chi connectivity index (χ2n) is 7.10. The molecule has 2 fully saturated rings. The molecule has 1 spiro atoms. The third-order valence-corrected chi connectivity index (χ3v) is 5.40. The number of methoxy groups -OCH3 is 1. The van der Waals surface area contributed by atoms with Gasteiger partial charge in [-0.05, 0) is 43.0 Å². The predicted molar refractivity (Wildman–Crippen MR) is 95.1 cm³/mol. The predicted octanol–water partition coefficient (Wildman–Crippen LogP) is 1.94. The van der Waals surface area contributed by atoms with Crippen molar-refractivity contribution in [2.75, 3.05) is 20.3 Å². The monoisotopic (exact) mass is 362 g/mol. The van der Waals surface area contributed by atoms with Gasteiger partial charge in [0.2, 0.25) is 0 Å². The molecule has 3 rings (SSSR count). The first kappa shape index (κ1) is 18.5. The number of imide groups is 1. The number of hydrogen-bond donors (Lipinski definition) is 2. The fraction of sp³-hybridized carbons (Fsp3) is 0.579. The third kappa shape index (κ3) is 3.49. The Labute approximate surface area is 153 Å². The van der Waals surface area contributed by atoms with Crippen LogP contribution in [-0.2, 0) is 4.79 Å². The summed E-state index contributed by atoms with van der Waals surface area (Å²) in [6, 6.07) is 6.56. The van der Waals surface area contributed by atoms with Crippen LogP contribution in [0.15, 0.2) is 24.3 Å². The quantitative estimate of drug-likeness (QED) is 0.755. The highest BCUT2D eigenvalue weighted by Gasteiger charge is 2.54. The Morgan fingerprint density at radius 2 is 1.96 bits per heavy atom. The number of benzene rings is 1. The number of aliphatic hydroxyl groups is 1. The molecule has 7 nitrogen and oxygen atoms in total. The molecule has 0 bridgehead atoms. The van der Waals surface area contributed by atoms with Crippen LogP contribution < -0.4 is 14.8 Å². The molecule has 1 saturated heterocycles. The first-order chi connectivity index (χ1) is 12.5. The number of nitrogens with zero attached hydrogens (tertiary/aromatic N) is 1. The van der Waals surface area contributed by atoms with Crippen LogP contribution in [0.1, 0.15) is 32.6 Å². The minimum atomic E-state index is -0.958. The fourth-order valence-corrected chi connectivity index (χ4v) is 3.79. The number of urea groups is 1. The summed E-state index contributed by atoms with van der Waals surface area (Å²) in [5, 5.41) is 13.1. The average molecular weight is 362 g/mol. The lowest BCUT2D eigenvalue weighted by molar-refractivity contribution is -0.135. The molecule has 2 aliphatic rings. The summed E-state index contributed by atoms with van der Waals surface area (Å²) in [6.07, 6.45) is 2.62. The van der Waals surface area contributed by atoms with E-state index >= 15 is 0 Å². The van der Waals surface area contributed by atoms with Crippen molar-refractivity contribution in [2.45, 2.75) is 44.2 Å². The number of aliphatic hydroxyl groups excluding tert-OH is 1. The molecule has 1 saturated carbocycles. The highest BCUT2D eigenvalue weighted by atomic mass is 16.5. The zero-order chi connectivity index (χ0) is 18.7. The van der Waals surface area contributed by atoms with Gasteiger partial charge >= 0.3 is 6.03 Å². The number of rotatable bonds is 6. The number of β-amino-alcohol motifs (C(OH)–C–C–N with tert-alkyl or cyclic N) is 1. The Bertz CT molecular complexity index is 662. The molecule has 3 atom stereocenters. The summed E-state index contributed by atoms with van der Waals surface area (Å²) in [6.45, 7) is 1.92. The standard InChI is InChI=1S/C19H26N2O5/c1-13-5-3-4-10-19(13)17(23)21(18(24)20-19)11-14(22)12-26-16-8-6-15(25-2)7-9-16/h6-9,13-14,22H,3-5,10-12H2,1-2H3,(H,20,24). The molecule has 2 N–H and O–H groups in total.